The summed E-state index contributed by atoms with van der Waals surface area (Å²) >= 11 is 2.18. The van der Waals surface area contributed by atoms with Gasteiger partial charge in [0.15, 0.2) is 0 Å². The van der Waals surface area contributed by atoms with Gasteiger partial charge < -0.3 is 96.9 Å². The van der Waals surface area contributed by atoms with Gasteiger partial charge in [-0.1, -0.05) is 48.9 Å². The lowest BCUT2D eigenvalue weighted by Gasteiger charge is -2.31. The molecule has 35 heteroatoms. The van der Waals surface area contributed by atoms with Crippen LogP contribution in [0.5, 0.6) is 5.75 Å². The van der Waals surface area contributed by atoms with Crippen molar-refractivity contribution in [1.29, 1.82) is 0 Å². The van der Waals surface area contributed by atoms with Crippen LogP contribution < -0.4 is 81.8 Å². The lowest BCUT2D eigenvalue weighted by atomic mass is 10.0. The number of hydrogen-bond donors (Lipinski definition) is 17. The SMILES string of the molecule is NCCCC[C@H](NC(=O)[C@@H]1CCCN1C(=O)[C@@H]1CSC(CCCCC(=O)O)CSC[C@H](NC(=O)CNC(=O)CNC(=O)CN)C(=O)N[C@@H](Cc2ccc(O)cc2)C(=O)N[C@@H](Cc2ccccc2)C(=O)N[C@@H](CCC(N)=O)C(=O)N[C@@H](CC(N)=O)C(=O)N1)C(=O)NCC(N)=O. The fourth-order valence-electron chi connectivity index (χ4n) is 9.80. The molecule has 2 aromatic carbocycles. The van der Waals surface area contributed by atoms with E-state index in [0.717, 1.165) is 23.5 Å². The van der Waals surface area contributed by atoms with Crippen LogP contribution in [0.25, 0.3) is 0 Å². The third-order valence-corrected chi connectivity index (χ3v) is 17.5. The molecule has 0 radical (unpaired) electrons. The molecule has 2 aliphatic rings. The number of nitrogens with zero attached hydrogens (tertiary/aromatic N) is 1. The van der Waals surface area contributed by atoms with Crippen molar-refractivity contribution in [2.75, 3.05) is 56.5 Å². The first-order valence-corrected chi connectivity index (χ1v) is 32.7. The van der Waals surface area contributed by atoms with Crippen molar-refractivity contribution in [2.24, 2.45) is 28.7 Å². The van der Waals surface area contributed by atoms with Gasteiger partial charge in [-0.25, -0.2) is 0 Å². The molecule has 0 spiro atoms. The zero-order chi connectivity index (χ0) is 69.3. The van der Waals surface area contributed by atoms with Crippen LogP contribution in [-0.4, -0.2) is 214 Å². The van der Waals surface area contributed by atoms with Crippen LogP contribution in [-0.2, 0) is 84.8 Å². The Morgan fingerprint density at radius 3 is 1.84 bits per heavy atom. The summed E-state index contributed by atoms with van der Waals surface area (Å²) in [5.74, 6) is -14.7. The number of carbonyl (C=O) groups excluding carboxylic acids is 14. The van der Waals surface area contributed by atoms with E-state index in [4.69, 9.17) is 28.7 Å². The number of likely N-dealkylation sites (tertiary alicyclic amines) is 1. The molecule has 516 valence electrons. The maximum absolute atomic E-state index is 15.2. The van der Waals surface area contributed by atoms with E-state index in [9.17, 15) is 77.3 Å². The van der Waals surface area contributed by atoms with Crippen LogP contribution in [0.1, 0.15) is 88.2 Å². The number of thioether (sulfide) groups is 2. The topological polar surface area (TPSA) is 550 Å². The van der Waals surface area contributed by atoms with E-state index in [1.165, 1.54) is 29.2 Å². The molecule has 0 bridgehead atoms. The number of aromatic hydroxyl groups is 1. The molecule has 1 unspecified atom stereocenters. The highest BCUT2D eigenvalue weighted by Gasteiger charge is 2.41. The van der Waals surface area contributed by atoms with E-state index in [2.05, 4.69) is 53.2 Å². The van der Waals surface area contributed by atoms with E-state index in [-0.39, 0.29) is 93.9 Å². The second-order valence-corrected chi connectivity index (χ2v) is 24.7. The van der Waals surface area contributed by atoms with Crippen LogP contribution in [0, 0.1) is 0 Å². The maximum atomic E-state index is 15.2. The smallest absolute Gasteiger partial charge is 0.303 e. The van der Waals surface area contributed by atoms with Crippen LogP contribution >= 0.6 is 23.5 Å². The predicted octanol–water partition coefficient (Wildman–Crippen LogP) is -5.88. The minimum atomic E-state index is -1.90. The molecule has 0 aliphatic carbocycles. The van der Waals surface area contributed by atoms with E-state index >= 15 is 4.79 Å². The number of unbranched alkanes of at least 4 members (excludes halogenated alkanes) is 2. The molecule has 2 aromatic rings. The fraction of sp³-hybridized carbons (Fsp3) is 0.542. The second-order valence-electron chi connectivity index (χ2n) is 22.3. The number of phenolic OH excluding ortho intramolecular Hbond substituents is 1. The van der Waals surface area contributed by atoms with Gasteiger partial charge >= 0.3 is 5.97 Å². The summed E-state index contributed by atoms with van der Waals surface area (Å²) in [5.41, 5.74) is 28.3. The number of rotatable bonds is 30. The Hall–Kier alpha value is -9.09. The van der Waals surface area contributed by atoms with E-state index in [1.807, 2.05) is 0 Å². The average molecular weight is 1360 g/mol. The highest BCUT2D eigenvalue weighted by molar-refractivity contribution is 8.03. The largest absolute Gasteiger partial charge is 0.508 e. The molecule has 9 atom stereocenters. The molecule has 2 saturated heterocycles. The van der Waals surface area contributed by atoms with Gasteiger partial charge in [-0.3, -0.25) is 71.9 Å². The molecule has 22 N–H and O–H groups in total. The van der Waals surface area contributed by atoms with E-state index in [1.54, 1.807) is 30.3 Å². The van der Waals surface area contributed by atoms with Gasteiger partial charge in [-0.05, 0) is 81.2 Å². The summed E-state index contributed by atoms with van der Waals surface area (Å²) in [4.78, 5) is 204. The highest BCUT2D eigenvalue weighted by Crippen LogP contribution is 2.27. The summed E-state index contributed by atoms with van der Waals surface area (Å²) in [7, 11) is 0. The van der Waals surface area contributed by atoms with Gasteiger partial charge in [0.25, 0.3) is 0 Å². The Kier molecular flexibility index (Phi) is 33.6. The Balaban J connectivity index is 1.89. The number of carbonyl (C=O) groups is 15. The molecule has 2 heterocycles. The number of carboxylic acids is 1. The zero-order valence-corrected chi connectivity index (χ0v) is 53.5. The van der Waals surface area contributed by atoms with Gasteiger partial charge in [0.2, 0.25) is 82.7 Å². The summed E-state index contributed by atoms with van der Waals surface area (Å²) < 4.78 is 0. The van der Waals surface area contributed by atoms with Crippen molar-refractivity contribution in [3.63, 3.8) is 0 Å². The molecule has 14 amide bonds. The Morgan fingerprint density at radius 2 is 1.21 bits per heavy atom. The molecule has 0 aromatic heterocycles. The normalized spacial score (nSPS) is 21.3. The van der Waals surface area contributed by atoms with Crippen molar-refractivity contribution >= 4 is 112 Å². The summed E-state index contributed by atoms with van der Waals surface area (Å²) in [5, 5.41) is 44.1. The monoisotopic (exact) mass is 1350 g/mol. The zero-order valence-electron chi connectivity index (χ0n) is 51.8. The molecule has 33 nitrogen and oxygen atoms in total. The first-order valence-electron chi connectivity index (χ1n) is 30.5. The van der Waals surface area contributed by atoms with Crippen molar-refractivity contribution in [3.05, 3.63) is 65.7 Å². The quantitative estimate of drug-likeness (QED) is 0.0324. The minimum Gasteiger partial charge on any atom is -0.508 e. The average Bonchev–Trinajstić information content (AvgIpc) is 1.58. The third kappa shape index (κ3) is 28.4. The predicted molar refractivity (Wildman–Crippen MR) is 342 cm³/mol. The number of amides is 14. The Bertz CT molecular complexity index is 2990. The molecule has 94 heavy (non-hydrogen) atoms. The second kappa shape index (κ2) is 40.8. The van der Waals surface area contributed by atoms with Crippen molar-refractivity contribution in [2.45, 2.75) is 143 Å². The van der Waals surface area contributed by atoms with E-state index in [0.29, 0.717) is 24.0 Å². The molecule has 2 fully saturated rings. The maximum Gasteiger partial charge on any atom is 0.303 e. The number of carboxylic acid groups (broad SMARTS) is 1. The van der Waals surface area contributed by atoms with Crippen LogP contribution in [0.4, 0.5) is 0 Å². The lowest BCUT2D eigenvalue weighted by molar-refractivity contribution is -0.142. The first-order chi connectivity index (χ1) is 44.8. The molecule has 4 rings (SSSR count). The Labute approximate surface area is 550 Å². The van der Waals surface area contributed by atoms with E-state index < -0.39 is 188 Å². The molecular weight excluding hydrogens is 1270 g/mol. The number of phenols is 1. The number of nitrogens with one attached hydrogen (secondary N) is 10. The fourth-order valence-corrected chi connectivity index (χ4v) is 12.5. The van der Waals surface area contributed by atoms with Crippen LogP contribution in [0.3, 0.4) is 0 Å². The first kappa shape index (κ1) is 77.4. The number of nitrogens with two attached hydrogens (primary N) is 5. The van der Waals surface area contributed by atoms with Crippen LogP contribution in [0.2, 0.25) is 0 Å². The summed E-state index contributed by atoms with van der Waals surface area (Å²) in [6, 6.07) is 1.34. The highest BCUT2D eigenvalue weighted by atomic mass is 32.2. The lowest BCUT2D eigenvalue weighted by Crippen LogP contribution is -2.61. The number of benzene rings is 2. The van der Waals surface area contributed by atoms with Gasteiger partial charge in [-0.15, -0.1) is 0 Å². The van der Waals surface area contributed by atoms with Crippen LogP contribution in [0.15, 0.2) is 54.6 Å². The summed E-state index contributed by atoms with van der Waals surface area (Å²) in [6.45, 7) is -2.03. The van der Waals surface area contributed by atoms with Gasteiger partial charge in [0.05, 0.1) is 32.6 Å². The molecular formula is C59H86N16O17S2. The molecule has 0 saturated carbocycles. The van der Waals surface area contributed by atoms with Gasteiger partial charge in [0, 0.05) is 54.7 Å². The third-order valence-electron chi connectivity index (χ3n) is 14.7. The molecule has 2 aliphatic heterocycles. The number of aliphatic carboxylic acids is 1. The van der Waals surface area contributed by atoms with Gasteiger partial charge in [0.1, 0.15) is 54.1 Å². The Morgan fingerprint density at radius 1 is 0.606 bits per heavy atom. The summed E-state index contributed by atoms with van der Waals surface area (Å²) in [6.07, 6.45) is -0.799. The number of hydrogen-bond acceptors (Lipinski definition) is 20. The van der Waals surface area contributed by atoms with Crippen molar-refractivity contribution in [1.82, 2.24) is 58.1 Å². The van der Waals surface area contributed by atoms with Crippen molar-refractivity contribution < 1.29 is 82.1 Å². The number of primary amides is 3. The van der Waals surface area contributed by atoms with Gasteiger partial charge in [-0.2, -0.15) is 23.5 Å². The standard InChI is InChI=1S/C59H86N16O17S2/c60-21-7-6-12-37(52(85)67-27-47(64)79)70-58(91)44-13-8-22-75(44)59(92)43-32-94-36(11-4-5-14-51(83)84)30-93-31-42(68-50(82)29-66-49(81)28-65-48(80)26-61)57(90)72-40(24-34-15-17-35(76)18-16-34)55(88)71-39(23-33-9-2-1-3-10-33)54(87)69-38(19-20-45(62)77)53(86)73-41(25-46(63)78)56(89)74-43/h1-3,9-10,15-18,36-44,76H,4-8,11-14,19-32,60-61H2,(H2,62,77)(H2,63,78)(H2,64,79)(H,65,80)(H,66,81)(H,67,85)(H,68,82)(H,69,87)(H,70,91)(H,71,88)(H,72,90)(H,73,86)(H,74,89)(H,83,84)/t36?,37-,38-,39-,40-,41-,42-,43-,44-/m0/s1. The minimum absolute atomic E-state index is 0.0535. The van der Waals surface area contributed by atoms with Crippen molar-refractivity contribution in [3.8, 4) is 5.75 Å².